The zero-order valence-electron chi connectivity index (χ0n) is 17.3. The number of amides is 2. The van der Waals surface area contributed by atoms with Crippen LogP contribution >= 0.6 is 11.8 Å². The van der Waals surface area contributed by atoms with Crippen molar-refractivity contribution in [1.29, 1.82) is 0 Å². The van der Waals surface area contributed by atoms with Crippen LogP contribution < -0.4 is 10.2 Å². The van der Waals surface area contributed by atoms with E-state index in [-0.39, 0.29) is 23.3 Å². The maximum atomic E-state index is 14.5. The van der Waals surface area contributed by atoms with Gasteiger partial charge in [-0.3, -0.25) is 14.2 Å². The molecule has 9 heteroatoms. The molecule has 4 rings (SSSR count). The summed E-state index contributed by atoms with van der Waals surface area (Å²) in [5.41, 5.74) is 3.86. The highest BCUT2D eigenvalue weighted by Gasteiger charge is 2.24. The normalized spacial score (nSPS) is 13.6. The number of hydrogen-bond acceptors (Lipinski definition) is 5. The highest BCUT2D eigenvalue weighted by Crippen LogP contribution is 2.27. The lowest BCUT2D eigenvalue weighted by Crippen LogP contribution is -2.24. The van der Waals surface area contributed by atoms with Gasteiger partial charge in [-0.2, -0.15) is 0 Å². The van der Waals surface area contributed by atoms with Crippen molar-refractivity contribution in [1.82, 2.24) is 14.8 Å². The topological polar surface area (TPSA) is 80.1 Å². The van der Waals surface area contributed by atoms with Crippen LogP contribution in [0.5, 0.6) is 0 Å². The Balaban J connectivity index is 1.39. The first-order valence-electron chi connectivity index (χ1n) is 9.92. The maximum absolute atomic E-state index is 14.5. The molecule has 2 amide bonds. The molecule has 1 aromatic heterocycles. The summed E-state index contributed by atoms with van der Waals surface area (Å²) in [4.78, 5) is 25.6. The number of carbonyl (C=O) groups excluding carboxylic acids is 2. The Labute approximate surface area is 183 Å². The lowest BCUT2D eigenvalue weighted by molar-refractivity contribution is -0.117. The predicted molar refractivity (Wildman–Crippen MR) is 118 cm³/mol. The standard InChI is InChI=1S/C22H22FN5O2S/c1-14-5-7-17(10-15(14)2)28-13-24-26-22(28)31-12-20(29)25-16-6-8-19(18(23)11-16)27-9-3-4-21(27)30/h5-8,10-11,13H,3-4,9,12H2,1-2H3,(H,25,29). The molecule has 0 aliphatic carbocycles. The summed E-state index contributed by atoms with van der Waals surface area (Å²) in [6.07, 6.45) is 2.76. The van der Waals surface area contributed by atoms with Gasteiger partial charge in [0.25, 0.3) is 0 Å². The Morgan fingerprint density at radius 3 is 2.74 bits per heavy atom. The van der Waals surface area contributed by atoms with Crippen LogP contribution in [0.2, 0.25) is 0 Å². The molecule has 0 bridgehead atoms. The molecule has 31 heavy (non-hydrogen) atoms. The second kappa shape index (κ2) is 8.89. The van der Waals surface area contributed by atoms with Crippen LogP contribution in [0.1, 0.15) is 24.0 Å². The molecule has 0 spiro atoms. The summed E-state index contributed by atoms with van der Waals surface area (Å²) in [7, 11) is 0. The van der Waals surface area contributed by atoms with E-state index in [0.717, 1.165) is 17.7 Å². The number of halogens is 1. The van der Waals surface area contributed by atoms with Crippen molar-refractivity contribution in [2.75, 3.05) is 22.5 Å². The number of nitrogens with zero attached hydrogens (tertiary/aromatic N) is 4. The molecule has 1 fully saturated rings. The fourth-order valence-corrected chi connectivity index (χ4v) is 4.14. The van der Waals surface area contributed by atoms with Gasteiger partial charge in [-0.1, -0.05) is 17.8 Å². The Bertz CT molecular complexity index is 1150. The van der Waals surface area contributed by atoms with Crippen molar-refractivity contribution in [2.24, 2.45) is 0 Å². The Hall–Kier alpha value is -3.20. The third-order valence-corrected chi connectivity index (χ3v) is 6.16. The molecule has 0 saturated carbocycles. The molecule has 7 nitrogen and oxygen atoms in total. The summed E-state index contributed by atoms with van der Waals surface area (Å²) < 4.78 is 16.3. The Morgan fingerprint density at radius 1 is 1.19 bits per heavy atom. The van der Waals surface area contributed by atoms with E-state index < -0.39 is 5.82 Å². The molecule has 0 unspecified atom stereocenters. The first-order chi connectivity index (χ1) is 14.9. The van der Waals surface area contributed by atoms with Crippen LogP contribution in [-0.2, 0) is 9.59 Å². The SMILES string of the molecule is Cc1ccc(-n2cnnc2SCC(=O)Nc2ccc(N3CCCC3=O)c(F)c2)cc1C. The van der Waals surface area contributed by atoms with E-state index in [1.54, 1.807) is 12.4 Å². The number of nitrogens with one attached hydrogen (secondary N) is 1. The van der Waals surface area contributed by atoms with E-state index in [4.69, 9.17) is 0 Å². The molecule has 0 atom stereocenters. The number of hydrogen-bond donors (Lipinski definition) is 1. The van der Waals surface area contributed by atoms with Gasteiger partial charge in [0.05, 0.1) is 11.4 Å². The molecule has 1 N–H and O–H groups in total. The van der Waals surface area contributed by atoms with E-state index in [2.05, 4.69) is 15.5 Å². The highest BCUT2D eigenvalue weighted by molar-refractivity contribution is 7.99. The molecule has 160 valence electrons. The smallest absolute Gasteiger partial charge is 0.234 e. The molecule has 1 saturated heterocycles. The summed E-state index contributed by atoms with van der Waals surface area (Å²) in [5.74, 6) is -0.809. The van der Waals surface area contributed by atoms with E-state index in [1.807, 2.05) is 36.6 Å². The van der Waals surface area contributed by atoms with Crippen LogP contribution in [-0.4, -0.2) is 38.9 Å². The van der Waals surface area contributed by atoms with Crippen molar-refractivity contribution < 1.29 is 14.0 Å². The molecular formula is C22H22FN5O2S. The number of carbonyl (C=O) groups is 2. The number of aromatic nitrogens is 3. The minimum Gasteiger partial charge on any atom is -0.325 e. The van der Waals surface area contributed by atoms with Crippen LogP contribution in [0.15, 0.2) is 47.9 Å². The quantitative estimate of drug-likeness (QED) is 0.590. The van der Waals surface area contributed by atoms with Gasteiger partial charge in [0.1, 0.15) is 12.1 Å². The first-order valence-corrected chi connectivity index (χ1v) is 10.9. The number of thioether (sulfide) groups is 1. The third-order valence-electron chi connectivity index (χ3n) is 5.21. The summed E-state index contributed by atoms with van der Waals surface area (Å²) >= 11 is 1.24. The van der Waals surface area contributed by atoms with E-state index in [9.17, 15) is 14.0 Å². The minimum absolute atomic E-state index is 0.0834. The minimum atomic E-state index is -0.532. The first kappa shape index (κ1) is 21.0. The van der Waals surface area contributed by atoms with Crippen molar-refractivity contribution in [3.05, 3.63) is 59.7 Å². The monoisotopic (exact) mass is 439 g/mol. The van der Waals surface area contributed by atoms with Gasteiger partial charge in [0, 0.05) is 24.3 Å². The fourth-order valence-electron chi connectivity index (χ4n) is 3.41. The second-order valence-electron chi connectivity index (χ2n) is 7.40. The lowest BCUT2D eigenvalue weighted by atomic mass is 10.1. The predicted octanol–water partition coefficient (Wildman–Crippen LogP) is 3.88. The van der Waals surface area contributed by atoms with Crippen LogP contribution in [0.4, 0.5) is 15.8 Å². The number of anilines is 2. The summed E-state index contributed by atoms with van der Waals surface area (Å²) in [5, 5.41) is 11.3. The van der Waals surface area contributed by atoms with Gasteiger partial charge in [-0.25, -0.2) is 4.39 Å². The molecule has 3 aromatic rings. The molecule has 1 aliphatic rings. The number of aryl methyl sites for hydroxylation is 2. The zero-order valence-corrected chi connectivity index (χ0v) is 18.1. The lowest BCUT2D eigenvalue weighted by Gasteiger charge is -2.17. The highest BCUT2D eigenvalue weighted by atomic mass is 32.2. The van der Waals surface area contributed by atoms with Crippen molar-refractivity contribution in [2.45, 2.75) is 31.8 Å². The number of rotatable bonds is 6. The van der Waals surface area contributed by atoms with Gasteiger partial charge in [-0.15, -0.1) is 10.2 Å². The van der Waals surface area contributed by atoms with Crippen molar-refractivity contribution in [3.63, 3.8) is 0 Å². The van der Waals surface area contributed by atoms with Crippen molar-refractivity contribution in [3.8, 4) is 5.69 Å². The third kappa shape index (κ3) is 4.61. The summed E-state index contributed by atoms with van der Waals surface area (Å²) in [6.45, 7) is 4.59. The van der Waals surface area contributed by atoms with Gasteiger partial charge >= 0.3 is 0 Å². The zero-order chi connectivity index (χ0) is 22.0. The average Bonchev–Trinajstić information content (AvgIpc) is 3.38. The number of benzene rings is 2. The molecule has 0 radical (unpaired) electrons. The van der Waals surface area contributed by atoms with Gasteiger partial charge < -0.3 is 10.2 Å². The summed E-state index contributed by atoms with van der Waals surface area (Å²) in [6, 6.07) is 10.4. The fraction of sp³-hybridized carbons (Fsp3) is 0.273. The van der Waals surface area contributed by atoms with Crippen LogP contribution in [0, 0.1) is 19.7 Å². The van der Waals surface area contributed by atoms with Crippen LogP contribution in [0.25, 0.3) is 5.69 Å². The molecule has 2 aromatic carbocycles. The van der Waals surface area contributed by atoms with E-state index >= 15 is 0 Å². The van der Waals surface area contributed by atoms with E-state index in [1.165, 1.54) is 34.4 Å². The molecule has 1 aliphatic heterocycles. The average molecular weight is 440 g/mol. The van der Waals surface area contributed by atoms with Gasteiger partial charge in [-0.05, 0) is 61.7 Å². The van der Waals surface area contributed by atoms with Crippen LogP contribution in [0.3, 0.4) is 0 Å². The van der Waals surface area contributed by atoms with Gasteiger partial charge in [0.15, 0.2) is 5.16 Å². The Kier molecular flexibility index (Phi) is 6.03. The van der Waals surface area contributed by atoms with Crippen molar-refractivity contribution >= 4 is 35.0 Å². The largest absolute Gasteiger partial charge is 0.325 e. The molecule has 2 heterocycles. The maximum Gasteiger partial charge on any atom is 0.234 e. The Morgan fingerprint density at radius 2 is 2.03 bits per heavy atom. The van der Waals surface area contributed by atoms with E-state index in [0.29, 0.717) is 23.8 Å². The second-order valence-corrected chi connectivity index (χ2v) is 8.35. The van der Waals surface area contributed by atoms with Gasteiger partial charge in [0.2, 0.25) is 11.8 Å². The molecular weight excluding hydrogens is 417 g/mol.